The Kier molecular flexibility index (Phi) is 9.28. The number of aliphatic hydroxyl groups excluding tert-OH is 1. The van der Waals surface area contributed by atoms with E-state index in [2.05, 4.69) is 5.09 Å². The molecule has 1 aromatic heterocycles. The molecule has 2 aromatic carbocycles. The van der Waals surface area contributed by atoms with Crippen LogP contribution in [0.1, 0.15) is 27.0 Å². The van der Waals surface area contributed by atoms with Gasteiger partial charge in [-0.3, -0.25) is 23.7 Å². The molecule has 1 saturated heterocycles. The number of ether oxygens (including phenoxy) is 2. The Labute approximate surface area is 236 Å². The van der Waals surface area contributed by atoms with Crippen molar-refractivity contribution in [2.45, 2.75) is 63.4 Å². The third kappa shape index (κ3) is 6.45. The van der Waals surface area contributed by atoms with Crippen molar-refractivity contribution in [3.63, 3.8) is 0 Å². The number of hydrogen-bond donors (Lipinski definition) is 3. The minimum atomic E-state index is -4.80. The lowest BCUT2D eigenvalue weighted by atomic mass is 9.97. The number of nitrogens with one attached hydrogen (secondary N) is 2. The molecule has 3 N–H and O–H groups in total. The van der Waals surface area contributed by atoms with Crippen LogP contribution in [0.5, 0.6) is 5.75 Å². The maximum atomic E-state index is 15.2. The summed E-state index contributed by atoms with van der Waals surface area (Å²) in [6.45, 7) is 3.01. The van der Waals surface area contributed by atoms with Crippen LogP contribution in [0.15, 0.2) is 64.3 Å². The van der Waals surface area contributed by atoms with Gasteiger partial charge in [-0.25, -0.2) is 22.5 Å². The molecule has 0 amide bonds. The smallest absolute Gasteiger partial charge is 0.459 e. The number of rotatable bonds is 11. The van der Waals surface area contributed by atoms with Crippen LogP contribution in [0.25, 0.3) is 10.8 Å². The second-order valence-electron chi connectivity index (χ2n) is 9.85. The van der Waals surface area contributed by atoms with Crippen LogP contribution in [0, 0.1) is 0 Å². The molecular weight excluding hydrogens is 586 g/mol. The molecule has 0 unspecified atom stereocenters. The van der Waals surface area contributed by atoms with Gasteiger partial charge in [0.25, 0.3) is 12.0 Å². The number of aromatic nitrogens is 2. The summed E-state index contributed by atoms with van der Waals surface area (Å²) in [7, 11) is -4.80. The van der Waals surface area contributed by atoms with Gasteiger partial charge in [0.05, 0.1) is 12.7 Å². The van der Waals surface area contributed by atoms with Crippen LogP contribution in [0.4, 0.5) is 13.2 Å². The third-order valence-corrected chi connectivity index (χ3v) is 8.00. The molecule has 0 saturated carbocycles. The lowest BCUT2D eigenvalue weighted by Crippen LogP contribution is -2.52. The van der Waals surface area contributed by atoms with E-state index in [1.165, 1.54) is 13.0 Å². The third-order valence-electron chi connectivity index (χ3n) is 6.39. The average Bonchev–Trinajstić information content (AvgIpc) is 3.18. The topological polar surface area (TPSA) is 158 Å². The van der Waals surface area contributed by atoms with Crippen LogP contribution in [0.3, 0.4) is 0 Å². The summed E-state index contributed by atoms with van der Waals surface area (Å²) in [6, 6.07) is 11.0. The van der Waals surface area contributed by atoms with Crippen molar-refractivity contribution in [1.82, 2.24) is 14.6 Å². The maximum absolute atomic E-state index is 15.2. The first-order valence-electron chi connectivity index (χ1n) is 12.8. The average molecular weight is 615 g/mol. The largest absolute Gasteiger partial charge is 0.462 e. The maximum Gasteiger partial charge on any atom is 0.459 e. The van der Waals surface area contributed by atoms with E-state index in [1.54, 1.807) is 50.2 Å². The summed E-state index contributed by atoms with van der Waals surface area (Å²) in [6.07, 6.45) is -10.7. The Morgan fingerprint density at radius 2 is 1.86 bits per heavy atom. The predicted octanol–water partition coefficient (Wildman–Crippen LogP) is 3.05. The van der Waals surface area contributed by atoms with Crippen LogP contribution in [0.2, 0.25) is 0 Å². The number of esters is 1. The highest BCUT2D eigenvalue weighted by Gasteiger charge is 2.62. The minimum absolute atomic E-state index is 0.00613. The number of hydrogen-bond acceptors (Lipinski definition) is 9. The zero-order chi connectivity index (χ0) is 30.8. The molecule has 12 nitrogen and oxygen atoms in total. The molecular formula is C26H29F3N3O9P. The van der Waals surface area contributed by atoms with E-state index in [9.17, 15) is 32.8 Å². The molecule has 3 aromatic rings. The van der Waals surface area contributed by atoms with Crippen molar-refractivity contribution in [2.75, 3.05) is 6.61 Å². The predicted molar refractivity (Wildman–Crippen MR) is 143 cm³/mol. The monoisotopic (exact) mass is 615 g/mol. The van der Waals surface area contributed by atoms with Crippen molar-refractivity contribution in [1.29, 1.82) is 0 Å². The molecule has 16 heteroatoms. The number of aromatic amines is 1. The van der Waals surface area contributed by atoms with Crippen molar-refractivity contribution in [3.8, 4) is 5.75 Å². The number of carbonyl (C=O) groups excluding carboxylic acids is 1. The van der Waals surface area contributed by atoms with Gasteiger partial charge in [-0.1, -0.05) is 36.4 Å². The van der Waals surface area contributed by atoms with Crippen molar-refractivity contribution in [3.05, 3.63) is 75.6 Å². The summed E-state index contributed by atoms with van der Waals surface area (Å²) in [5.74, 6) is -0.870. The van der Waals surface area contributed by atoms with E-state index >= 15 is 4.39 Å². The molecule has 1 fully saturated rings. The second-order valence-corrected chi connectivity index (χ2v) is 11.5. The Bertz CT molecular complexity index is 1590. The number of alkyl halides is 3. The van der Waals surface area contributed by atoms with Gasteiger partial charge in [-0.05, 0) is 32.2 Å². The Hall–Kier alpha value is -3.49. The SMILES string of the molecule is CC(C)OC(=O)[C@H](C)N[P@](=O)(OC[C@@]1(C(F)F)O[C@@H](n2ccc(=O)[nH]c2=O)[C@H](F)[C@H]1O)Oc1cccc2ccccc12. The normalized spacial score (nSPS) is 24.5. The molecule has 4 rings (SSSR count). The van der Waals surface area contributed by atoms with E-state index in [0.29, 0.717) is 15.3 Å². The van der Waals surface area contributed by atoms with Gasteiger partial charge in [0.15, 0.2) is 18.0 Å². The number of aliphatic hydroxyl groups is 1. The van der Waals surface area contributed by atoms with Gasteiger partial charge in [-0.2, -0.15) is 5.09 Å². The van der Waals surface area contributed by atoms with Crippen LogP contribution >= 0.6 is 7.75 Å². The van der Waals surface area contributed by atoms with Gasteiger partial charge >= 0.3 is 19.4 Å². The lowest BCUT2D eigenvalue weighted by Gasteiger charge is -2.32. The standard InChI is InChI=1S/C26H29F3N3O9P/c1-14(2)39-23(35)15(3)31-42(37,41-18-10-6-8-16-7-4-5-9-17(16)18)38-13-26(24(28)29)21(34)20(27)22(40-26)32-12-11-19(33)30-25(32)36/h4-12,14-15,20-22,24,34H,13H2,1-3H3,(H,31,37)(H,30,33,36)/t15-,20+,21+,22+,26+,42-/m0/s1. The molecule has 228 valence electrons. The Morgan fingerprint density at radius 1 is 1.17 bits per heavy atom. The number of fused-ring (bicyclic) bond motifs is 1. The highest BCUT2D eigenvalue weighted by molar-refractivity contribution is 7.52. The second kappa shape index (κ2) is 12.4. The summed E-state index contributed by atoms with van der Waals surface area (Å²) in [5, 5.41) is 14.1. The fourth-order valence-corrected chi connectivity index (χ4v) is 5.84. The molecule has 0 bridgehead atoms. The van der Waals surface area contributed by atoms with Crippen molar-refractivity contribution in [2.24, 2.45) is 0 Å². The summed E-state index contributed by atoms with van der Waals surface area (Å²) in [5.41, 5.74) is -5.17. The minimum Gasteiger partial charge on any atom is -0.462 e. The van der Waals surface area contributed by atoms with Crippen molar-refractivity contribution >= 4 is 24.5 Å². The van der Waals surface area contributed by atoms with Gasteiger partial charge in [0.2, 0.25) is 0 Å². The van der Waals surface area contributed by atoms with Crippen LogP contribution in [-0.2, 0) is 23.4 Å². The van der Waals surface area contributed by atoms with E-state index < -0.39 is 74.2 Å². The molecule has 2 heterocycles. The van der Waals surface area contributed by atoms with E-state index in [-0.39, 0.29) is 5.75 Å². The van der Waals surface area contributed by atoms with Crippen LogP contribution < -0.4 is 20.9 Å². The molecule has 1 aliphatic heterocycles. The fourth-order valence-electron chi connectivity index (χ4n) is 4.29. The number of H-pyrrole nitrogens is 1. The highest BCUT2D eigenvalue weighted by atomic mass is 31.2. The zero-order valence-electron chi connectivity index (χ0n) is 22.6. The van der Waals surface area contributed by atoms with E-state index in [0.717, 1.165) is 12.3 Å². The molecule has 0 radical (unpaired) electrons. The summed E-state index contributed by atoms with van der Waals surface area (Å²) < 4.78 is 80.1. The number of halogens is 3. The molecule has 6 atom stereocenters. The number of benzene rings is 2. The number of carbonyl (C=O) groups is 1. The summed E-state index contributed by atoms with van der Waals surface area (Å²) in [4.78, 5) is 37.9. The molecule has 42 heavy (non-hydrogen) atoms. The lowest BCUT2D eigenvalue weighted by molar-refractivity contribution is -0.192. The van der Waals surface area contributed by atoms with Gasteiger partial charge in [0, 0.05) is 17.6 Å². The molecule has 0 aliphatic carbocycles. The van der Waals surface area contributed by atoms with E-state index in [4.69, 9.17) is 18.5 Å². The highest BCUT2D eigenvalue weighted by Crippen LogP contribution is 2.50. The number of nitrogens with zero attached hydrogens (tertiary/aromatic N) is 1. The quantitative estimate of drug-likeness (QED) is 0.216. The van der Waals surface area contributed by atoms with Crippen molar-refractivity contribution < 1.29 is 46.2 Å². The van der Waals surface area contributed by atoms with Gasteiger partial charge in [0.1, 0.15) is 17.9 Å². The first kappa shape index (κ1) is 31.4. The van der Waals surface area contributed by atoms with E-state index in [1.807, 2.05) is 4.98 Å². The fraction of sp³-hybridized carbons (Fsp3) is 0.423. The summed E-state index contributed by atoms with van der Waals surface area (Å²) >= 11 is 0. The Morgan fingerprint density at radius 3 is 2.52 bits per heavy atom. The molecule has 1 aliphatic rings. The van der Waals surface area contributed by atoms with Gasteiger partial charge < -0.3 is 19.1 Å². The first-order chi connectivity index (χ1) is 19.8. The Balaban J connectivity index is 1.68. The van der Waals surface area contributed by atoms with Gasteiger partial charge in [-0.15, -0.1) is 0 Å². The molecule has 0 spiro atoms. The van der Waals surface area contributed by atoms with Crippen LogP contribution in [-0.4, -0.2) is 63.7 Å². The first-order valence-corrected chi connectivity index (χ1v) is 14.3. The zero-order valence-corrected chi connectivity index (χ0v) is 23.5.